The lowest BCUT2D eigenvalue weighted by Crippen LogP contribution is -2.32. The molecular weight excluding hydrogens is 499 g/mol. The van der Waals surface area contributed by atoms with Crippen LogP contribution in [0.1, 0.15) is 30.5 Å². The fraction of sp³-hybridized carbons (Fsp3) is 0.154. The molecule has 34 heavy (non-hydrogen) atoms. The van der Waals surface area contributed by atoms with E-state index in [2.05, 4.69) is 15.9 Å². The first-order chi connectivity index (χ1) is 16.4. The summed E-state index contributed by atoms with van der Waals surface area (Å²) in [5.74, 6) is -0.450. The highest BCUT2D eigenvalue weighted by Crippen LogP contribution is 2.39. The number of rotatable bonds is 5. The third kappa shape index (κ3) is 4.22. The van der Waals surface area contributed by atoms with Gasteiger partial charge >= 0.3 is 0 Å². The average Bonchev–Trinajstić information content (AvgIpc) is 3.44. The van der Waals surface area contributed by atoms with Gasteiger partial charge in [-0.25, -0.2) is 9.07 Å². The Morgan fingerprint density at radius 1 is 1.06 bits per heavy atom. The summed E-state index contributed by atoms with van der Waals surface area (Å²) in [7, 11) is 0. The minimum Gasteiger partial charge on any atom is -0.399 e. The molecule has 1 aromatic heterocycles. The van der Waals surface area contributed by atoms with Crippen LogP contribution in [0.3, 0.4) is 0 Å². The van der Waals surface area contributed by atoms with Crippen LogP contribution in [0.15, 0.2) is 83.5 Å². The summed E-state index contributed by atoms with van der Waals surface area (Å²) in [6.07, 6.45) is 1.18. The number of nitrogen functional groups attached to an aromatic ring is 1. The number of anilines is 1. The van der Waals surface area contributed by atoms with Gasteiger partial charge < -0.3 is 15.4 Å². The van der Waals surface area contributed by atoms with E-state index in [4.69, 9.17) is 15.6 Å². The Hall–Kier alpha value is -3.49. The molecule has 0 bridgehead atoms. The maximum Gasteiger partial charge on any atom is 0.251 e. The van der Waals surface area contributed by atoms with Crippen molar-refractivity contribution in [1.82, 2.24) is 14.7 Å². The lowest BCUT2D eigenvalue weighted by molar-refractivity contribution is -0.130. The molecule has 0 aliphatic carbocycles. The van der Waals surface area contributed by atoms with E-state index in [1.54, 1.807) is 21.7 Å². The molecule has 8 heteroatoms. The van der Waals surface area contributed by atoms with Crippen LogP contribution in [0.25, 0.3) is 16.8 Å². The summed E-state index contributed by atoms with van der Waals surface area (Å²) < 4.78 is 22.3. The van der Waals surface area contributed by atoms with Crippen molar-refractivity contribution in [1.29, 1.82) is 0 Å². The Bertz CT molecular complexity index is 1320. The first kappa shape index (κ1) is 22.3. The third-order valence-corrected chi connectivity index (χ3v) is 6.49. The van der Waals surface area contributed by atoms with E-state index >= 15 is 0 Å². The molecular formula is C26H22BrFN4O2. The quantitative estimate of drug-likeness (QED) is 0.345. The van der Waals surface area contributed by atoms with Gasteiger partial charge in [-0.15, -0.1) is 0 Å². The summed E-state index contributed by atoms with van der Waals surface area (Å²) in [5.41, 5.74) is 10.4. The van der Waals surface area contributed by atoms with Crippen molar-refractivity contribution in [2.75, 3.05) is 12.3 Å². The Morgan fingerprint density at radius 2 is 1.74 bits per heavy atom. The van der Waals surface area contributed by atoms with Crippen LogP contribution in [0.4, 0.5) is 10.1 Å². The van der Waals surface area contributed by atoms with E-state index in [9.17, 15) is 9.18 Å². The predicted molar refractivity (Wildman–Crippen MR) is 131 cm³/mol. The van der Waals surface area contributed by atoms with Crippen LogP contribution >= 0.6 is 15.9 Å². The number of nitrogens with two attached hydrogens (primary N) is 1. The van der Waals surface area contributed by atoms with Gasteiger partial charge in [0.15, 0.2) is 6.23 Å². The van der Waals surface area contributed by atoms with Gasteiger partial charge in [-0.1, -0.05) is 40.2 Å². The number of aromatic nitrogens is 2. The van der Waals surface area contributed by atoms with E-state index in [-0.39, 0.29) is 24.4 Å². The summed E-state index contributed by atoms with van der Waals surface area (Å²) in [5, 5.41) is 4.83. The largest absolute Gasteiger partial charge is 0.399 e. The second-order valence-electron chi connectivity index (χ2n) is 8.16. The molecule has 2 heterocycles. The van der Waals surface area contributed by atoms with Crippen molar-refractivity contribution < 1.29 is 13.9 Å². The molecule has 3 aromatic carbocycles. The number of carbonyl (C=O) groups excluding carboxylic acids is 1. The Labute approximate surface area is 204 Å². The van der Waals surface area contributed by atoms with Gasteiger partial charge in [-0.2, -0.15) is 5.10 Å². The van der Waals surface area contributed by atoms with E-state index in [0.29, 0.717) is 11.4 Å². The second-order valence-corrected chi connectivity index (χ2v) is 9.08. The van der Waals surface area contributed by atoms with Crippen molar-refractivity contribution in [3.05, 3.63) is 101 Å². The molecule has 6 nitrogen and oxygen atoms in total. The van der Waals surface area contributed by atoms with Crippen LogP contribution < -0.4 is 5.73 Å². The number of benzene rings is 3. The molecule has 5 rings (SSSR count). The van der Waals surface area contributed by atoms with Gasteiger partial charge in [-0.05, 0) is 66.6 Å². The first-order valence-corrected chi connectivity index (χ1v) is 11.6. The highest BCUT2D eigenvalue weighted by atomic mass is 79.9. The summed E-state index contributed by atoms with van der Waals surface area (Å²) >= 11 is 3.45. The lowest BCUT2D eigenvalue weighted by atomic mass is 10.0. The topological polar surface area (TPSA) is 73.4 Å². The molecule has 0 spiro atoms. The standard InChI is InChI=1S/C26H22BrFN4O2/c1-16(17-4-10-21(29)11-5-17)32-24(33)15-34-26(32)25-23(18-2-8-20(28)9-3-18)14-31(30-25)22-12-6-19(27)7-13-22/h2-14,16,26H,15,29H2,1H3. The zero-order valence-electron chi connectivity index (χ0n) is 18.4. The van der Waals surface area contributed by atoms with E-state index in [1.165, 1.54) is 12.1 Å². The van der Waals surface area contributed by atoms with Crippen LogP contribution in [0.2, 0.25) is 0 Å². The zero-order valence-corrected chi connectivity index (χ0v) is 19.9. The Kier molecular flexibility index (Phi) is 5.93. The number of halogens is 2. The van der Waals surface area contributed by atoms with E-state index in [0.717, 1.165) is 26.9 Å². The fourth-order valence-electron chi connectivity index (χ4n) is 4.15. The number of hydrogen-bond acceptors (Lipinski definition) is 4. The summed E-state index contributed by atoms with van der Waals surface area (Å²) in [6.45, 7) is 1.91. The number of carbonyl (C=O) groups is 1. The molecule has 1 saturated heterocycles. The number of amides is 1. The zero-order chi connectivity index (χ0) is 23.8. The van der Waals surface area contributed by atoms with Crippen molar-refractivity contribution in [2.24, 2.45) is 0 Å². The minimum absolute atomic E-state index is 0.0437. The van der Waals surface area contributed by atoms with Crippen LogP contribution in [0, 0.1) is 5.82 Å². The molecule has 172 valence electrons. The van der Waals surface area contributed by atoms with Crippen molar-refractivity contribution in [3.8, 4) is 16.8 Å². The van der Waals surface area contributed by atoms with Crippen molar-refractivity contribution >= 4 is 27.5 Å². The fourth-order valence-corrected chi connectivity index (χ4v) is 4.41. The molecule has 4 aromatic rings. The van der Waals surface area contributed by atoms with Crippen LogP contribution in [-0.2, 0) is 9.53 Å². The number of hydrogen-bond donors (Lipinski definition) is 1. The maximum atomic E-state index is 13.6. The molecule has 0 radical (unpaired) electrons. The van der Waals surface area contributed by atoms with Gasteiger partial charge in [0, 0.05) is 21.9 Å². The molecule has 1 aliphatic heterocycles. The molecule has 0 saturated carbocycles. The molecule has 2 atom stereocenters. The third-order valence-electron chi connectivity index (χ3n) is 5.96. The van der Waals surface area contributed by atoms with Crippen LogP contribution in [0.5, 0.6) is 0 Å². The Morgan fingerprint density at radius 3 is 2.41 bits per heavy atom. The number of nitrogens with zero attached hydrogens (tertiary/aromatic N) is 3. The van der Waals surface area contributed by atoms with Crippen molar-refractivity contribution in [3.63, 3.8) is 0 Å². The van der Waals surface area contributed by atoms with Gasteiger partial charge in [0.05, 0.1) is 11.7 Å². The van der Waals surface area contributed by atoms with Crippen molar-refractivity contribution in [2.45, 2.75) is 19.2 Å². The number of ether oxygens (including phenoxy) is 1. The highest BCUT2D eigenvalue weighted by Gasteiger charge is 2.40. The normalized spacial score (nSPS) is 16.7. The monoisotopic (exact) mass is 520 g/mol. The lowest BCUT2D eigenvalue weighted by Gasteiger charge is -2.29. The minimum atomic E-state index is -0.697. The summed E-state index contributed by atoms with van der Waals surface area (Å²) in [6, 6.07) is 21.1. The van der Waals surface area contributed by atoms with Gasteiger partial charge in [0.2, 0.25) is 0 Å². The van der Waals surface area contributed by atoms with E-state index in [1.807, 2.05) is 61.7 Å². The Balaban J connectivity index is 1.60. The first-order valence-electron chi connectivity index (χ1n) is 10.8. The van der Waals surface area contributed by atoms with E-state index < -0.39 is 6.23 Å². The van der Waals surface area contributed by atoms with Gasteiger partial charge in [0.25, 0.3) is 5.91 Å². The molecule has 2 N–H and O–H groups in total. The van der Waals surface area contributed by atoms with Gasteiger partial charge in [0.1, 0.15) is 18.1 Å². The molecule has 1 aliphatic rings. The second kappa shape index (κ2) is 9.04. The molecule has 1 fully saturated rings. The van der Waals surface area contributed by atoms with Crippen LogP contribution in [-0.4, -0.2) is 27.2 Å². The molecule has 2 unspecified atom stereocenters. The summed E-state index contributed by atoms with van der Waals surface area (Å²) in [4.78, 5) is 14.6. The molecule has 1 amide bonds. The smallest absolute Gasteiger partial charge is 0.251 e. The average molecular weight is 521 g/mol. The maximum absolute atomic E-state index is 13.6. The highest BCUT2D eigenvalue weighted by molar-refractivity contribution is 9.10. The van der Waals surface area contributed by atoms with Gasteiger partial charge in [-0.3, -0.25) is 4.79 Å². The SMILES string of the molecule is CC(c1ccc(N)cc1)N1C(=O)COC1c1nn(-c2ccc(Br)cc2)cc1-c1ccc(F)cc1. The predicted octanol–water partition coefficient (Wildman–Crippen LogP) is 5.64.